The van der Waals surface area contributed by atoms with Crippen LogP contribution in [0.4, 0.5) is 4.39 Å². The molecule has 2 nitrogen and oxygen atoms in total. The number of halogens is 2. The van der Waals surface area contributed by atoms with Gasteiger partial charge in [0.2, 0.25) is 0 Å². The van der Waals surface area contributed by atoms with Crippen molar-refractivity contribution in [2.75, 3.05) is 0 Å². The molecule has 1 aromatic carbocycles. The lowest BCUT2D eigenvalue weighted by Gasteiger charge is -2.04. The van der Waals surface area contributed by atoms with Crippen LogP contribution in [0.5, 0.6) is 0 Å². The monoisotopic (exact) mass is 341 g/mol. The standard InChI is InChI=1S/C13H9FINO/c1-8-4-9(7-16-6-8)13(17)11-3-2-10(14)5-12(11)15/h2-7H,1H3. The van der Waals surface area contributed by atoms with Gasteiger partial charge >= 0.3 is 0 Å². The van der Waals surface area contributed by atoms with Gasteiger partial charge in [0.15, 0.2) is 5.78 Å². The Morgan fingerprint density at radius 2 is 2.06 bits per heavy atom. The van der Waals surface area contributed by atoms with Crippen molar-refractivity contribution in [3.8, 4) is 0 Å². The third-order valence-corrected chi connectivity index (χ3v) is 3.21. The summed E-state index contributed by atoms with van der Waals surface area (Å²) in [5, 5.41) is 0. The predicted molar refractivity (Wildman–Crippen MR) is 71.5 cm³/mol. The third kappa shape index (κ3) is 2.69. The molecule has 17 heavy (non-hydrogen) atoms. The van der Waals surface area contributed by atoms with Gasteiger partial charge in [-0.2, -0.15) is 0 Å². The topological polar surface area (TPSA) is 30.0 Å². The number of hydrogen-bond acceptors (Lipinski definition) is 2. The number of benzene rings is 1. The highest BCUT2D eigenvalue weighted by Gasteiger charge is 2.13. The summed E-state index contributed by atoms with van der Waals surface area (Å²) in [5.41, 5.74) is 1.95. The van der Waals surface area contributed by atoms with Gasteiger partial charge in [-0.15, -0.1) is 0 Å². The molecule has 0 aliphatic carbocycles. The van der Waals surface area contributed by atoms with E-state index in [1.54, 1.807) is 12.3 Å². The number of ketones is 1. The van der Waals surface area contributed by atoms with E-state index in [2.05, 4.69) is 4.98 Å². The molecule has 0 saturated heterocycles. The summed E-state index contributed by atoms with van der Waals surface area (Å²) in [6, 6.07) is 5.91. The van der Waals surface area contributed by atoms with Crippen molar-refractivity contribution >= 4 is 28.4 Å². The molecule has 4 heteroatoms. The molecule has 0 amide bonds. The van der Waals surface area contributed by atoms with Gasteiger partial charge in [-0.05, 0) is 59.3 Å². The van der Waals surface area contributed by atoms with E-state index in [0.717, 1.165) is 5.56 Å². The Labute approximate surface area is 112 Å². The normalized spacial score (nSPS) is 10.3. The van der Waals surface area contributed by atoms with Crippen molar-refractivity contribution in [1.82, 2.24) is 4.98 Å². The van der Waals surface area contributed by atoms with Crippen molar-refractivity contribution in [1.29, 1.82) is 0 Å². The molecule has 2 rings (SSSR count). The maximum Gasteiger partial charge on any atom is 0.195 e. The smallest absolute Gasteiger partial charge is 0.195 e. The minimum Gasteiger partial charge on any atom is -0.289 e. The Morgan fingerprint density at radius 1 is 1.29 bits per heavy atom. The summed E-state index contributed by atoms with van der Waals surface area (Å²) in [7, 11) is 0. The van der Waals surface area contributed by atoms with Crippen LogP contribution in [0.2, 0.25) is 0 Å². The second-order valence-corrected chi connectivity index (χ2v) is 4.87. The van der Waals surface area contributed by atoms with Gasteiger partial charge in [-0.3, -0.25) is 9.78 Å². The summed E-state index contributed by atoms with van der Waals surface area (Å²) in [5.74, 6) is -0.473. The van der Waals surface area contributed by atoms with Crippen molar-refractivity contribution < 1.29 is 9.18 Å². The van der Waals surface area contributed by atoms with Crippen LogP contribution in [0, 0.1) is 16.3 Å². The first kappa shape index (κ1) is 12.2. The Bertz CT molecular complexity index is 583. The van der Waals surface area contributed by atoms with E-state index in [-0.39, 0.29) is 11.6 Å². The van der Waals surface area contributed by atoms with Crippen molar-refractivity contribution in [3.63, 3.8) is 0 Å². The number of rotatable bonds is 2. The zero-order chi connectivity index (χ0) is 12.4. The molecule has 86 valence electrons. The lowest BCUT2D eigenvalue weighted by molar-refractivity contribution is 0.103. The minimum atomic E-state index is -0.340. The van der Waals surface area contributed by atoms with E-state index in [4.69, 9.17) is 0 Å². The Balaban J connectivity index is 2.44. The number of aromatic nitrogens is 1. The van der Waals surface area contributed by atoms with Gasteiger partial charge < -0.3 is 0 Å². The van der Waals surface area contributed by atoms with Crippen LogP contribution >= 0.6 is 22.6 Å². The average Bonchev–Trinajstić information content (AvgIpc) is 2.28. The van der Waals surface area contributed by atoms with Gasteiger partial charge in [0.1, 0.15) is 5.82 Å². The summed E-state index contributed by atoms with van der Waals surface area (Å²) >= 11 is 1.96. The van der Waals surface area contributed by atoms with E-state index in [0.29, 0.717) is 14.7 Å². The molecule has 1 aromatic heterocycles. The maximum atomic E-state index is 12.9. The van der Waals surface area contributed by atoms with Crippen LogP contribution in [0.25, 0.3) is 0 Å². The van der Waals surface area contributed by atoms with Gasteiger partial charge in [0, 0.05) is 27.1 Å². The Kier molecular flexibility index (Phi) is 3.51. The molecule has 1 heterocycles. The van der Waals surface area contributed by atoms with Crippen LogP contribution in [0.1, 0.15) is 21.5 Å². The number of aryl methyl sites for hydroxylation is 1. The molecule has 0 aliphatic rings. The van der Waals surface area contributed by atoms with E-state index >= 15 is 0 Å². The van der Waals surface area contributed by atoms with Gasteiger partial charge in [-0.25, -0.2) is 4.39 Å². The number of carbonyl (C=O) groups excluding carboxylic acids is 1. The first-order valence-electron chi connectivity index (χ1n) is 4.99. The zero-order valence-electron chi connectivity index (χ0n) is 9.08. The largest absolute Gasteiger partial charge is 0.289 e. The van der Waals surface area contributed by atoms with E-state index in [1.807, 2.05) is 29.5 Å². The average molecular weight is 341 g/mol. The lowest BCUT2D eigenvalue weighted by Crippen LogP contribution is -2.05. The van der Waals surface area contributed by atoms with Crippen LogP contribution in [0.15, 0.2) is 36.7 Å². The Hall–Kier alpha value is -1.30. The lowest BCUT2D eigenvalue weighted by atomic mass is 10.0. The summed E-state index contributed by atoms with van der Waals surface area (Å²) in [4.78, 5) is 16.1. The highest BCUT2D eigenvalue weighted by atomic mass is 127. The molecule has 0 spiro atoms. The minimum absolute atomic E-state index is 0.134. The van der Waals surface area contributed by atoms with Crippen molar-refractivity contribution in [3.05, 3.63) is 62.7 Å². The van der Waals surface area contributed by atoms with Crippen LogP contribution in [-0.2, 0) is 0 Å². The van der Waals surface area contributed by atoms with E-state index in [1.165, 1.54) is 24.4 Å². The second-order valence-electron chi connectivity index (χ2n) is 3.70. The highest BCUT2D eigenvalue weighted by molar-refractivity contribution is 14.1. The van der Waals surface area contributed by atoms with E-state index < -0.39 is 0 Å². The molecular weight excluding hydrogens is 332 g/mol. The van der Waals surface area contributed by atoms with Gasteiger partial charge in [-0.1, -0.05) is 0 Å². The van der Waals surface area contributed by atoms with Gasteiger partial charge in [0.25, 0.3) is 0 Å². The highest BCUT2D eigenvalue weighted by Crippen LogP contribution is 2.18. The number of hydrogen-bond donors (Lipinski definition) is 0. The SMILES string of the molecule is Cc1cncc(C(=O)c2ccc(F)cc2I)c1. The van der Waals surface area contributed by atoms with Crippen molar-refractivity contribution in [2.45, 2.75) is 6.92 Å². The predicted octanol–water partition coefficient (Wildman–Crippen LogP) is 3.36. The molecule has 0 bridgehead atoms. The number of carbonyl (C=O) groups is 1. The van der Waals surface area contributed by atoms with Crippen molar-refractivity contribution in [2.24, 2.45) is 0 Å². The number of nitrogens with zero attached hydrogens (tertiary/aromatic N) is 1. The van der Waals surface area contributed by atoms with E-state index in [9.17, 15) is 9.18 Å². The van der Waals surface area contributed by atoms with Crippen LogP contribution < -0.4 is 0 Å². The first-order chi connectivity index (χ1) is 8.08. The zero-order valence-corrected chi connectivity index (χ0v) is 11.2. The van der Waals surface area contributed by atoms with Crippen LogP contribution in [0.3, 0.4) is 0 Å². The molecule has 0 unspecified atom stereocenters. The Morgan fingerprint density at radius 3 is 2.71 bits per heavy atom. The maximum absolute atomic E-state index is 12.9. The third-order valence-electron chi connectivity index (χ3n) is 2.31. The fourth-order valence-corrected chi connectivity index (χ4v) is 2.23. The summed E-state index contributed by atoms with van der Waals surface area (Å²) < 4.78 is 13.6. The molecule has 0 radical (unpaired) electrons. The van der Waals surface area contributed by atoms with Gasteiger partial charge in [0.05, 0.1) is 0 Å². The molecule has 0 aliphatic heterocycles. The summed E-state index contributed by atoms with van der Waals surface area (Å²) in [6.07, 6.45) is 3.21. The molecule has 0 N–H and O–H groups in total. The summed E-state index contributed by atoms with van der Waals surface area (Å²) in [6.45, 7) is 1.87. The fourth-order valence-electron chi connectivity index (χ4n) is 1.51. The first-order valence-corrected chi connectivity index (χ1v) is 6.07. The van der Waals surface area contributed by atoms with Crippen LogP contribution in [-0.4, -0.2) is 10.8 Å². The molecule has 0 atom stereocenters. The quantitative estimate of drug-likeness (QED) is 0.619. The number of pyridine rings is 1. The fraction of sp³-hybridized carbons (Fsp3) is 0.0769. The molecular formula is C13H9FINO. The molecule has 0 fully saturated rings. The molecule has 0 saturated carbocycles. The second kappa shape index (κ2) is 4.91. The molecule has 2 aromatic rings.